The van der Waals surface area contributed by atoms with Gasteiger partial charge in [-0.1, -0.05) is 37.0 Å². The number of hydrazone groups is 1. The van der Waals surface area contributed by atoms with Crippen molar-refractivity contribution in [1.29, 1.82) is 0 Å². The van der Waals surface area contributed by atoms with Crippen LogP contribution in [-0.2, 0) is 11.0 Å². The smallest absolute Gasteiger partial charge is 0.272 e. The van der Waals surface area contributed by atoms with E-state index in [-0.39, 0.29) is 34.0 Å². The van der Waals surface area contributed by atoms with Crippen molar-refractivity contribution in [3.63, 3.8) is 0 Å². The lowest BCUT2D eigenvalue weighted by molar-refractivity contribution is -0.137. The summed E-state index contributed by atoms with van der Waals surface area (Å²) in [4.78, 5) is 11.9. The van der Waals surface area contributed by atoms with E-state index in [0.717, 1.165) is 17.1 Å². The SMILES string of the molecule is CC(C)C1=NN(c2c(Cl)cc(C(F)(F)F)cc2Cl)C(=O)C1. The topological polar surface area (TPSA) is 32.7 Å². The first-order chi connectivity index (χ1) is 9.61. The van der Waals surface area contributed by atoms with Crippen LogP contribution in [0.2, 0.25) is 10.0 Å². The van der Waals surface area contributed by atoms with E-state index in [1.165, 1.54) is 0 Å². The second kappa shape index (κ2) is 5.50. The van der Waals surface area contributed by atoms with Crippen LogP contribution in [0.3, 0.4) is 0 Å². The molecule has 0 aromatic heterocycles. The highest BCUT2D eigenvalue weighted by Crippen LogP contribution is 2.41. The minimum Gasteiger partial charge on any atom is -0.272 e. The third-order valence-electron chi connectivity index (χ3n) is 3.02. The number of carbonyl (C=O) groups excluding carboxylic acids is 1. The fourth-order valence-electron chi connectivity index (χ4n) is 1.88. The van der Waals surface area contributed by atoms with E-state index in [1.807, 2.05) is 13.8 Å². The van der Waals surface area contributed by atoms with Gasteiger partial charge in [-0.05, 0) is 18.1 Å². The van der Waals surface area contributed by atoms with Crippen molar-refractivity contribution in [2.75, 3.05) is 5.01 Å². The Labute approximate surface area is 129 Å². The Morgan fingerprint density at radius 1 is 1.24 bits per heavy atom. The zero-order valence-corrected chi connectivity index (χ0v) is 12.6. The summed E-state index contributed by atoms with van der Waals surface area (Å²) in [6.45, 7) is 3.73. The summed E-state index contributed by atoms with van der Waals surface area (Å²) >= 11 is 11.7. The molecule has 114 valence electrons. The van der Waals surface area contributed by atoms with Crippen LogP contribution >= 0.6 is 23.2 Å². The van der Waals surface area contributed by atoms with Gasteiger partial charge in [0.15, 0.2) is 0 Å². The first-order valence-corrected chi connectivity index (χ1v) is 6.83. The third kappa shape index (κ3) is 3.16. The lowest BCUT2D eigenvalue weighted by Gasteiger charge is -2.17. The number of hydrogen-bond donors (Lipinski definition) is 0. The van der Waals surface area contributed by atoms with Crippen LogP contribution in [0.4, 0.5) is 18.9 Å². The molecule has 1 aromatic carbocycles. The van der Waals surface area contributed by atoms with Gasteiger partial charge in [0.25, 0.3) is 5.91 Å². The molecule has 1 aliphatic rings. The van der Waals surface area contributed by atoms with Crippen molar-refractivity contribution in [3.05, 3.63) is 27.7 Å². The molecule has 1 heterocycles. The van der Waals surface area contributed by atoms with Crippen LogP contribution in [0.1, 0.15) is 25.8 Å². The van der Waals surface area contributed by atoms with Gasteiger partial charge in [0.05, 0.1) is 27.7 Å². The number of benzene rings is 1. The Bertz CT molecular complexity index is 603. The molecule has 0 aliphatic carbocycles. The standard InChI is InChI=1S/C13H11Cl2F3N2O/c1-6(2)10-5-11(21)20(19-10)12-8(14)3-7(4-9(12)15)13(16,17)18/h3-4,6H,5H2,1-2H3. The second-order valence-electron chi connectivity index (χ2n) is 4.91. The molecule has 1 aromatic rings. The molecule has 0 radical (unpaired) electrons. The summed E-state index contributed by atoms with van der Waals surface area (Å²) in [6, 6.07) is 1.47. The Morgan fingerprint density at radius 2 is 1.76 bits per heavy atom. The van der Waals surface area contributed by atoms with Crippen molar-refractivity contribution < 1.29 is 18.0 Å². The molecule has 0 saturated carbocycles. The Balaban J connectivity index is 2.49. The number of halogens is 5. The molecule has 0 bridgehead atoms. The third-order valence-corrected chi connectivity index (χ3v) is 3.60. The molecule has 2 rings (SSSR count). The van der Waals surface area contributed by atoms with Gasteiger partial charge in [-0.2, -0.15) is 23.3 Å². The Kier molecular flexibility index (Phi) is 4.22. The molecule has 0 unspecified atom stereocenters. The molecule has 0 fully saturated rings. The van der Waals surface area contributed by atoms with E-state index in [4.69, 9.17) is 23.2 Å². The summed E-state index contributed by atoms with van der Waals surface area (Å²) in [5.41, 5.74) is -0.361. The van der Waals surface area contributed by atoms with Crippen LogP contribution < -0.4 is 5.01 Å². The lowest BCUT2D eigenvalue weighted by atomic mass is 10.1. The van der Waals surface area contributed by atoms with Gasteiger partial charge in [0.2, 0.25) is 0 Å². The highest BCUT2D eigenvalue weighted by molar-refractivity contribution is 6.40. The van der Waals surface area contributed by atoms with E-state index < -0.39 is 11.7 Å². The second-order valence-corrected chi connectivity index (χ2v) is 5.73. The average Bonchev–Trinajstić information content (AvgIpc) is 2.69. The molecule has 1 amide bonds. The quantitative estimate of drug-likeness (QED) is 0.765. The molecule has 8 heteroatoms. The van der Waals surface area contributed by atoms with Crippen molar-refractivity contribution in [3.8, 4) is 0 Å². The lowest BCUT2D eigenvalue weighted by Crippen LogP contribution is -2.21. The van der Waals surface area contributed by atoms with Gasteiger partial charge in [-0.25, -0.2) is 0 Å². The maximum absolute atomic E-state index is 12.7. The van der Waals surface area contributed by atoms with Crippen LogP contribution in [0.15, 0.2) is 17.2 Å². The summed E-state index contributed by atoms with van der Waals surface area (Å²) in [5.74, 6) is -0.326. The van der Waals surface area contributed by atoms with E-state index in [9.17, 15) is 18.0 Å². The number of alkyl halides is 3. The predicted molar refractivity (Wildman–Crippen MR) is 75.8 cm³/mol. The fourth-order valence-corrected chi connectivity index (χ4v) is 2.52. The minimum atomic E-state index is -4.56. The zero-order valence-electron chi connectivity index (χ0n) is 11.1. The van der Waals surface area contributed by atoms with E-state index >= 15 is 0 Å². The summed E-state index contributed by atoms with van der Waals surface area (Å²) in [7, 11) is 0. The van der Waals surface area contributed by atoms with Crippen LogP contribution in [-0.4, -0.2) is 11.6 Å². The summed E-state index contributed by atoms with van der Waals surface area (Å²) < 4.78 is 38.0. The molecule has 1 aliphatic heterocycles. The highest BCUT2D eigenvalue weighted by Gasteiger charge is 2.35. The van der Waals surface area contributed by atoms with Gasteiger partial charge in [-0.15, -0.1) is 0 Å². The Morgan fingerprint density at radius 3 is 2.14 bits per heavy atom. The maximum atomic E-state index is 12.7. The molecule has 0 atom stereocenters. The normalized spacial score (nSPS) is 15.9. The van der Waals surface area contributed by atoms with Gasteiger partial charge < -0.3 is 0 Å². The average molecular weight is 339 g/mol. The van der Waals surface area contributed by atoms with Crippen molar-refractivity contribution in [2.45, 2.75) is 26.4 Å². The summed E-state index contributed by atoms with van der Waals surface area (Å²) in [6.07, 6.45) is -4.46. The molecule has 21 heavy (non-hydrogen) atoms. The highest BCUT2D eigenvalue weighted by atomic mass is 35.5. The van der Waals surface area contributed by atoms with E-state index in [0.29, 0.717) is 5.71 Å². The fraction of sp³-hybridized carbons (Fsp3) is 0.385. The van der Waals surface area contributed by atoms with E-state index in [1.54, 1.807) is 0 Å². The molecular formula is C13H11Cl2F3N2O. The van der Waals surface area contributed by atoms with Crippen molar-refractivity contribution in [1.82, 2.24) is 0 Å². The largest absolute Gasteiger partial charge is 0.416 e. The summed E-state index contributed by atoms with van der Waals surface area (Å²) in [5, 5.41) is 4.54. The van der Waals surface area contributed by atoms with Crippen molar-refractivity contribution in [2.24, 2.45) is 11.0 Å². The monoisotopic (exact) mass is 338 g/mol. The van der Waals surface area contributed by atoms with Crippen molar-refractivity contribution >= 4 is 40.5 Å². The molecule has 0 spiro atoms. The number of carbonyl (C=O) groups is 1. The molecule has 3 nitrogen and oxygen atoms in total. The Hall–Kier alpha value is -1.27. The zero-order chi connectivity index (χ0) is 15.9. The minimum absolute atomic E-state index is 0.0213. The number of nitrogens with zero attached hydrogens (tertiary/aromatic N) is 2. The van der Waals surface area contributed by atoms with Crippen LogP contribution in [0.5, 0.6) is 0 Å². The number of amides is 1. The van der Waals surface area contributed by atoms with Gasteiger partial charge >= 0.3 is 6.18 Å². The van der Waals surface area contributed by atoms with Gasteiger partial charge in [0, 0.05) is 0 Å². The van der Waals surface area contributed by atoms with Crippen LogP contribution in [0, 0.1) is 5.92 Å². The molecule has 0 saturated heterocycles. The van der Waals surface area contributed by atoms with Gasteiger partial charge in [-0.3, -0.25) is 4.79 Å². The number of hydrogen-bond acceptors (Lipinski definition) is 2. The number of rotatable bonds is 2. The predicted octanol–water partition coefficient (Wildman–Crippen LogP) is 4.76. The number of anilines is 1. The van der Waals surface area contributed by atoms with E-state index in [2.05, 4.69) is 5.10 Å². The molecule has 0 N–H and O–H groups in total. The van der Waals surface area contributed by atoms with Gasteiger partial charge in [0.1, 0.15) is 5.69 Å². The first kappa shape index (κ1) is 16.1. The van der Waals surface area contributed by atoms with Crippen LogP contribution in [0.25, 0.3) is 0 Å². The first-order valence-electron chi connectivity index (χ1n) is 6.08. The maximum Gasteiger partial charge on any atom is 0.416 e. The molecular weight excluding hydrogens is 328 g/mol.